The molecule has 0 spiro atoms. The molecule has 16 heavy (non-hydrogen) atoms. The topological polar surface area (TPSA) is 136 Å². The first-order chi connectivity index (χ1) is 7.43. The van der Waals surface area contributed by atoms with Gasteiger partial charge in [0.2, 0.25) is 11.8 Å². The predicted octanol–water partition coefficient (Wildman–Crippen LogP) is -2.51. The quantitative estimate of drug-likeness (QED) is 0.415. The van der Waals surface area contributed by atoms with Crippen molar-refractivity contribution in [2.24, 2.45) is 35.1 Å². The molecule has 0 aromatic carbocycles. The highest BCUT2D eigenvalue weighted by atomic mass is 16.7. The molecule has 0 aromatic rings. The third-order valence-electron chi connectivity index (χ3n) is 3.52. The van der Waals surface area contributed by atoms with Gasteiger partial charge in [0, 0.05) is 11.8 Å². The van der Waals surface area contributed by atoms with E-state index in [-0.39, 0.29) is 0 Å². The van der Waals surface area contributed by atoms with Crippen molar-refractivity contribution in [2.75, 3.05) is 0 Å². The van der Waals surface area contributed by atoms with Crippen molar-refractivity contribution in [3.05, 3.63) is 0 Å². The minimum absolute atomic E-state index is 0.309. The average Bonchev–Trinajstić information content (AvgIpc) is 2.51. The largest absolute Gasteiger partial charge is 0.369 e. The first-order valence-corrected chi connectivity index (χ1v) is 5.03. The molecule has 0 radical (unpaired) electrons. The molecule has 2 fully saturated rings. The van der Waals surface area contributed by atoms with Crippen LogP contribution in [0.3, 0.4) is 0 Å². The lowest BCUT2D eigenvalue weighted by Gasteiger charge is -2.30. The molecule has 1 saturated carbocycles. The van der Waals surface area contributed by atoms with Crippen LogP contribution in [0.1, 0.15) is 6.42 Å². The molecule has 1 aliphatic heterocycles. The van der Waals surface area contributed by atoms with Crippen molar-refractivity contribution < 1.29 is 24.5 Å². The molecular weight excluding hydrogens is 216 g/mol. The summed E-state index contributed by atoms with van der Waals surface area (Å²) < 4.78 is 4.83. The number of ether oxygens (including phenoxy) is 1. The molecule has 6 unspecified atom stereocenters. The minimum atomic E-state index is -1.28. The molecule has 2 amide bonds. The maximum atomic E-state index is 11.3. The zero-order valence-electron chi connectivity index (χ0n) is 8.45. The Balaban J connectivity index is 2.36. The number of fused-ring (bicyclic) bond motifs is 2. The molecule has 7 nitrogen and oxygen atoms in total. The SMILES string of the molecule is NC(=O)C1C2CC(C(O)OC2O)C1C(N)=O. The molecule has 0 aromatic heterocycles. The van der Waals surface area contributed by atoms with Crippen LogP contribution in [-0.2, 0) is 14.3 Å². The fraction of sp³-hybridized carbons (Fsp3) is 0.778. The van der Waals surface area contributed by atoms with Crippen molar-refractivity contribution in [1.82, 2.24) is 0 Å². The van der Waals surface area contributed by atoms with Crippen molar-refractivity contribution in [1.29, 1.82) is 0 Å². The van der Waals surface area contributed by atoms with Gasteiger partial charge in [0.05, 0.1) is 11.8 Å². The fourth-order valence-corrected chi connectivity index (χ4v) is 2.85. The Hall–Kier alpha value is -1.18. The molecule has 7 heteroatoms. The number of primary amides is 2. The molecule has 2 rings (SSSR count). The number of hydrogen-bond acceptors (Lipinski definition) is 5. The van der Waals surface area contributed by atoms with Crippen molar-refractivity contribution >= 4 is 11.8 Å². The maximum Gasteiger partial charge on any atom is 0.221 e. The van der Waals surface area contributed by atoms with Gasteiger partial charge in [0.1, 0.15) is 0 Å². The number of aliphatic hydroxyl groups is 2. The second-order valence-corrected chi connectivity index (χ2v) is 4.34. The van der Waals surface area contributed by atoms with E-state index in [4.69, 9.17) is 16.2 Å². The summed E-state index contributed by atoms with van der Waals surface area (Å²) in [5.74, 6) is -4.27. The highest BCUT2D eigenvalue weighted by molar-refractivity contribution is 5.87. The maximum absolute atomic E-state index is 11.3. The summed E-state index contributed by atoms with van der Waals surface area (Å²) in [7, 11) is 0. The first kappa shape index (κ1) is 11.3. The summed E-state index contributed by atoms with van der Waals surface area (Å²) in [5, 5.41) is 19.1. The molecule has 1 saturated heterocycles. The second kappa shape index (κ2) is 3.69. The van der Waals surface area contributed by atoms with Gasteiger partial charge < -0.3 is 26.4 Å². The first-order valence-electron chi connectivity index (χ1n) is 5.03. The Labute approximate surface area is 91.4 Å². The van der Waals surface area contributed by atoms with E-state index in [1.165, 1.54) is 0 Å². The zero-order chi connectivity index (χ0) is 12.0. The Morgan fingerprint density at radius 3 is 1.69 bits per heavy atom. The minimum Gasteiger partial charge on any atom is -0.369 e. The Morgan fingerprint density at radius 2 is 1.38 bits per heavy atom. The number of carbonyl (C=O) groups is 2. The van der Waals surface area contributed by atoms with Gasteiger partial charge in [-0.3, -0.25) is 9.59 Å². The van der Waals surface area contributed by atoms with E-state index in [9.17, 15) is 19.8 Å². The number of rotatable bonds is 2. The number of nitrogens with two attached hydrogens (primary N) is 2. The summed E-state index contributed by atoms with van der Waals surface area (Å²) in [6, 6.07) is 0. The second-order valence-electron chi connectivity index (χ2n) is 4.34. The molecule has 6 N–H and O–H groups in total. The molecule has 2 bridgehead atoms. The van der Waals surface area contributed by atoms with Gasteiger partial charge in [-0.05, 0) is 6.42 Å². The lowest BCUT2D eigenvalue weighted by atomic mass is 9.86. The number of aliphatic hydroxyl groups excluding tert-OH is 2. The van der Waals surface area contributed by atoms with Crippen LogP contribution in [0.25, 0.3) is 0 Å². The third-order valence-corrected chi connectivity index (χ3v) is 3.52. The van der Waals surface area contributed by atoms with E-state index in [2.05, 4.69) is 0 Å². The number of amides is 2. The summed E-state index contributed by atoms with van der Waals surface area (Å²) in [5.41, 5.74) is 10.4. The standard InChI is InChI=1S/C9H14N2O5/c10-6(12)4-2-1-3(5(4)7(11)13)9(15)16-8(2)14/h2-5,8-9,14-15H,1H2,(H2,10,12)(H2,11,13). The highest BCUT2D eigenvalue weighted by Gasteiger charge is 2.57. The Bertz CT molecular complexity index is 304. The Kier molecular flexibility index (Phi) is 2.61. The summed E-state index contributed by atoms with van der Waals surface area (Å²) in [4.78, 5) is 22.6. The van der Waals surface area contributed by atoms with Gasteiger partial charge in [-0.15, -0.1) is 0 Å². The number of hydrogen-bond donors (Lipinski definition) is 4. The summed E-state index contributed by atoms with van der Waals surface area (Å²) in [6.45, 7) is 0. The molecule has 2 aliphatic rings. The van der Waals surface area contributed by atoms with Gasteiger partial charge in [-0.25, -0.2) is 0 Å². The van der Waals surface area contributed by atoms with Crippen molar-refractivity contribution in [2.45, 2.75) is 19.0 Å². The molecule has 1 heterocycles. The summed E-state index contributed by atoms with van der Waals surface area (Å²) >= 11 is 0. The van der Waals surface area contributed by atoms with Crippen LogP contribution in [0.15, 0.2) is 0 Å². The third kappa shape index (κ3) is 1.48. The van der Waals surface area contributed by atoms with E-state index >= 15 is 0 Å². The van der Waals surface area contributed by atoms with Crippen LogP contribution in [0.5, 0.6) is 0 Å². The fourth-order valence-electron chi connectivity index (χ4n) is 2.85. The number of carbonyl (C=O) groups excluding carboxylic acids is 2. The zero-order valence-corrected chi connectivity index (χ0v) is 8.45. The van der Waals surface area contributed by atoms with Crippen molar-refractivity contribution in [3.8, 4) is 0 Å². The molecule has 6 atom stereocenters. The van der Waals surface area contributed by atoms with Crippen LogP contribution < -0.4 is 11.5 Å². The molecular formula is C9H14N2O5. The lowest BCUT2D eigenvalue weighted by Crippen LogP contribution is -2.40. The van der Waals surface area contributed by atoms with Crippen molar-refractivity contribution in [3.63, 3.8) is 0 Å². The summed E-state index contributed by atoms with van der Waals surface area (Å²) in [6.07, 6.45) is -2.26. The Morgan fingerprint density at radius 1 is 1.00 bits per heavy atom. The van der Waals surface area contributed by atoms with E-state index in [1.807, 2.05) is 0 Å². The van der Waals surface area contributed by atoms with Crippen LogP contribution in [0.4, 0.5) is 0 Å². The normalized spacial score (nSPS) is 46.6. The van der Waals surface area contributed by atoms with E-state index in [0.29, 0.717) is 6.42 Å². The predicted molar refractivity (Wildman–Crippen MR) is 50.1 cm³/mol. The van der Waals surface area contributed by atoms with E-state index < -0.39 is 48.1 Å². The van der Waals surface area contributed by atoms with E-state index in [1.54, 1.807) is 0 Å². The van der Waals surface area contributed by atoms with Crippen LogP contribution in [0, 0.1) is 23.7 Å². The van der Waals surface area contributed by atoms with Crippen LogP contribution in [0.2, 0.25) is 0 Å². The van der Waals surface area contributed by atoms with Crippen LogP contribution in [-0.4, -0.2) is 34.6 Å². The lowest BCUT2D eigenvalue weighted by molar-refractivity contribution is -0.264. The van der Waals surface area contributed by atoms with Gasteiger partial charge >= 0.3 is 0 Å². The van der Waals surface area contributed by atoms with Gasteiger partial charge in [0.15, 0.2) is 12.6 Å². The van der Waals surface area contributed by atoms with Crippen LogP contribution >= 0.6 is 0 Å². The van der Waals surface area contributed by atoms with Gasteiger partial charge in [-0.2, -0.15) is 0 Å². The highest BCUT2D eigenvalue weighted by Crippen LogP contribution is 2.48. The average molecular weight is 230 g/mol. The smallest absolute Gasteiger partial charge is 0.221 e. The van der Waals surface area contributed by atoms with Gasteiger partial charge in [-0.1, -0.05) is 0 Å². The molecule has 90 valence electrons. The van der Waals surface area contributed by atoms with E-state index in [0.717, 1.165) is 0 Å². The monoisotopic (exact) mass is 230 g/mol. The van der Waals surface area contributed by atoms with Gasteiger partial charge in [0.25, 0.3) is 0 Å². The molecule has 1 aliphatic carbocycles.